The van der Waals surface area contributed by atoms with Gasteiger partial charge in [-0.1, -0.05) is 17.7 Å². The van der Waals surface area contributed by atoms with E-state index in [4.69, 9.17) is 16.9 Å². The number of hydrogen-bond acceptors (Lipinski definition) is 2. The lowest BCUT2D eigenvalue weighted by molar-refractivity contribution is -0.120. The predicted octanol–water partition coefficient (Wildman–Crippen LogP) is 2.18. The van der Waals surface area contributed by atoms with Crippen molar-refractivity contribution in [3.63, 3.8) is 0 Å². The third-order valence-corrected chi connectivity index (χ3v) is 2.26. The Labute approximate surface area is 93.7 Å². The highest BCUT2D eigenvalue weighted by Gasteiger charge is 2.02. The Kier molecular flexibility index (Phi) is 4.14. The van der Waals surface area contributed by atoms with Gasteiger partial charge in [-0.3, -0.25) is 4.79 Å². The van der Waals surface area contributed by atoms with E-state index in [9.17, 15) is 4.79 Å². The molecule has 1 aromatic carbocycles. The van der Waals surface area contributed by atoms with Gasteiger partial charge in [0.25, 0.3) is 0 Å². The molecule has 1 N–H and O–H groups in total. The van der Waals surface area contributed by atoms with Gasteiger partial charge in [0.15, 0.2) is 0 Å². The van der Waals surface area contributed by atoms with Crippen molar-refractivity contribution in [1.29, 1.82) is 5.26 Å². The average molecular weight is 223 g/mol. The van der Waals surface area contributed by atoms with Crippen LogP contribution in [0.3, 0.4) is 0 Å². The molecule has 0 aliphatic heterocycles. The normalized spacial score (nSPS) is 9.40. The summed E-state index contributed by atoms with van der Waals surface area (Å²) in [7, 11) is 0. The second kappa shape index (κ2) is 5.38. The van der Waals surface area contributed by atoms with Gasteiger partial charge >= 0.3 is 0 Å². The predicted molar refractivity (Wildman–Crippen MR) is 58.3 cm³/mol. The van der Waals surface area contributed by atoms with Crippen LogP contribution < -0.4 is 5.32 Å². The minimum absolute atomic E-state index is 0.105. The van der Waals surface area contributed by atoms with E-state index in [1.165, 1.54) is 0 Å². The average Bonchev–Trinajstić information content (AvgIpc) is 2.17. The number of nitrogens with one attached hydrogen (secondary N) is 1. The van der Waals surface area contributed by atoms with Gasteiger partial charge in [0, 0.05) is 11.6 Å². The van der Waals surface area contributed by atoms with Gasteiger partial charge in [-0.15, -0.1) is 0 Å². The number of amides is 1. The number of carbonyl (C=O) groups is 1. The first-order valence-electron chi connectivity index (χ1n) is 4.52. The highest BCUT2D eigenvalue weighted by Crippen LogP contribution is 2.14. The molecular weight excluding hydrogens is 212 g/mol. The van der Waals surface area contributed by atoms with Crippen molar-refractivity contribution in [3.05, 3.63) is 34.3 Å². The highest BCUT2D eigenvalue weighted by atomic mass is 35.5. The van der Waals surface area contributed by atoms with Crippen LogP contribution in [0.5, 0.6) is 0 Å². The molecule has 1 aromatic rings. The van der Waals surface area contributed by atoms with Crippen LogP contribution in [-0.4, -0.2) is 5.91 Å². The molecule has 0 aliphatic rings. The monoisotopic (exact) mass is 222 g/mol. The molecule has 78 valence electrons. The highest BCUT2D eigenvalue weighted by molar-refractivity contribution is 6.30. The molecule has 0 heterocycles. The molecule has 0 unspecified atom stereocenters. The summed E-state index contributed by atoms with van der Waals surface area (Å²) in [6.07, 6.45) is -0.105. The summed E-state index contributed by atoms with van der Waals surface area (Å²) in [5.41, 5.74) is 2.03. The standard InChI is InChI=1S/C11H11ClN2O/c1-8-6-10(12)3-2-9(8)7-14-11(15)4-5-13/h2-3,6H,4,7H2,1H3,(H,14,15). The number of carbonyl (C=O) groups excluding carboxylic acids is 1. The third-order valence-electron chi connectivity index (χ3n) is 2.02. The second-order valence-electron chi connectivity index (χ2n) is 3.18. The summed E-state index contributed by atoms with van der Waals surface area (Å²) < 4.78 is 0. The Balaban J connectivity index is 2.59. The maximum absolute atomic E-state index is 11.0. The molecule has 0 aliphatic carbocycles. The first-order valence-corrected chi connectivity index (χ1v) is 4.90. The SMILES string of the molecule is Cc1cc(Cl)ccc1CNC(=O)CC#N. The van der Waals surface area contributed by atoms with Crippen molar-refractivity contribution in [3.8, 4) is 6.07 Å². The first kappa shape index (κ1) is 11.5. The molecule has 3 nitrogen and oxygen atoms in total. The molecule has 1 amide bonds. The van der Waals surface area contributed by atoms with Crippen LogP contribution in [0.2, 0.25) is 5.02 Å². The zero-order valence-electron chi connectivity index (χ0n) is 8.38. The van der Waals surface area contributed by atoms with E-state index >= 15 is 0 Å². The molecule has 4 heteroatoms. The van der Waals surface area contributed by atoms with Crippen molar-refractivity contribution in [2.45, 2.75) is 19.9 Å². The molecule has 0 radical (unpaired) electrons. The third kappa shape index (κ3) is 3.61. The van der Waals surface area contributed by atoms with E-state index < -0.39 is 0 Å². The van der Waals surface area contributed by atoms with Crippen LogP contribution in [0.15, 0.2) is 18.2 Å². The number of nitriles is 1. The van der Waals surface area contributed by atoms with Crippen molar-refractivity contribution >= 4 is 17.5 Å². The van der Waals surface area contributed by atoms with Gasteiger partial charge < -0.3 is 5.32 Å². The molecule has 0 saturated carbocycles. The zero-order chi connectivity index (χ0) is 11.3. The summed E-state index contributed by atoms with van der Waals surface area (Å²) >= 11 is 5.80. The van der Waals surface area contributed by atoms with Crippen LogP contribution in [0, 0.1) is 18.3 Å². The summed E-state index contributed by atoms with van der Waals surface area (Å²) in [6, 6.07) is 7.28. The van der Waals surface area contributed by atoms with E-state index in [1.54, 1.807) is 12.1 Å². The van der Waals surface area contributed by atoms with Crippen LogP contribution in [0.1, 0.15) is 17.5 Å². The Bertz CT molecular complexity index is 410. The van der Waals surface area contributed by atoms with Gasteiger partial charge in [0.1, 0.15) is 6.42 Å². The maximum Gasteiger partial charge on any atom is 0.234 e. The van der Waals surface area contributed by atoms with Crippen LogP contribution >= 0.6 is 11.6 Å². The van der Waals surface area contributed by atoms with Gasteiger partial charge in [-0.25, -0.2) is 0 Å². The molecule has 15 heavy (non-hydrogen) atoms. The molecule has 1 rings (SSSR count). The van der Waals surface area contributed by atoms with E-state index in [0.717, 1.165) is 11.1 Å². The topological polar surface area (TPSA) is 52.9 Å². The maximum atomic E-state index is 11.0. The molecule has 0 atom stereocenters. The summed E-state index contributed by atoms with van der Waals surface area (Å²) in [5.74, 6) is -0.258. The number of hydrogen-bond donors (Lipinski definition) is 1. The number of benzene rings is 1. The van der Waals surface area contributed by atoms with Crippen molar-refractivity contribution in [2.24, 2.45) is 0 Å². The fourth-order valence-electron chi connectivity index (χ4n) is 1.19. The Morgan fingerprint density at radius 1 is 1.60 bits per heavy atom. The lowest BCUT2D eigenvalue weighted by atomic mass is 10.1. The quantitative estimate of drug-likeness (QED) is 0.852. The summed E-state index contributed by atoms with van der Waals surface area (Å²) in [5, 5.41) is 11.6. The zero-order valence-corrected chi connectivity index (χ0v) is 9.14. The molecular formula is C11H11ClN2O. The Morgan fingerprint density at radius 3 is 2.93 bits per heavy atom. The summed E-state index contributed by atoms with van der Waals surface area (Å²) in [4.78, 5) is 11.0. The van der Waals surface area contributed by atoms with Crippen molar-refractivity contribution < 1.29 is 4.79 Å². The van der Waals surface area contributed by atoms with Crippen LogP contribution in [0.25, 0.3) is 0 Å². The number of halogens is 1. The lowest BCUT2D eigenvalue weighted by Crippen LogP contribution is -2.22. The minimum Gasteiger partial charge on any atom is -0.351 e. The fraction of sp³-hybridized carbons (Fsp3) is 0.273. The largest absolute Gasteiger partial charge is 0.351 e. The molecule has 0 spiro atoms. The molecule has 0 bridgehead atoms. The Morgan fingerprint density at radius 2 is 2.33 bits per heavy atom. The van der Waals surface area contributed by atoms with E-state index in [0.29, 0.717) is 11.6 Å². The van der Waals surface area contributed by atoms with E-state index in [1.807, 2.05) is 19.1 Å². The van der Waals surface area contributed by atoms with Gasteiger partial charge in [-0.05, 0) is 30.2 Å². The van der Waals surface area contributed by atoms with E-state index in [2.05, 4.69) is 5.32 Å². The van der Waals surface area contributed by atoms with Gasteiger partial charge in [-0.2, -0.15) is 5.26 Å². The summed E-state index contributed by atoms with van der Waals surface area (Å²) in [6.45, 7) is 2.36. The van der Waals surface area contributed by atoms with Crippen LogP contribution in [0.4, 0.5) is 0 Å². The lowest BCUT2D eigenvalue weighted by Gasteiger charge is -2.06. The van der Waals surface area contributed by atoms with Gasteiger partial charge in [0.2, 0.25) is 5.91 Å². The molecule has 0 saturated heterocycles. The fourth-order valence-corrected chi connectivity index (χ4v) is 1.41. The number of rotatable bonds is 3. The van der Waals surface area contributed by atoms with Crippen molar-refractivity contribution in [2.75, 3.05) is 0 Å². The first-order chi connectivity index (χ1) is 7.13. The number of nitrogens with zero attached hydrogens (tertiary/aromatic N) is 1. The second-order valence-corrected chi connectivity index (χ2v) is 3.62. The van der Waals surface area contributed by atoms with Crippen molar-refractivity contribution in [1.82, 2.24) is 5.32 Å². The van der Waals surface area contributed by atoms with E-state index in [-0.39, 0.29) is 12.3 Å². The number of aryl methyl sites for hydroxylation is 1. The molecule has 0 fully saturated rings. The minimum atomic E-state index is -0.258. The molecule has 0 aromatic heterocycles. The van der Waals surface area contributed by atoms with Gasteiger partial charge in [0.05, 0.1) is 6.07 Å². The van der Waals surface area contributed by atoms with Crippen LogP contribution in [-0.2, 0) is 11.3 Å². The Hall–Kier alpha value is -1.53. The smallest absolute Gasteiger partial charge is 0.234 e.